The number of carbonyl (C=O) groups is 3. The van der Waals surface area contributed by atoms with Gasteiger partial charge in [0.1, 0.15) is 0 Å². The maximum atomic E-state index is 8.56. The zero-order chi connectivity index (χ0) is 10.7. The summed E-state index contributed by atoms with van der Waals surface area (Å²) in [7, 11) is 0. The average Bonchev–Trinajstić information content (AvgIpc) is 1.54. The molecule has 0 heterocycles. The maximum absolute atomic E-state index is 8.56. The predicted octanol–water partition coefficient (Wildman–Crippen LogP) is -4.28. The summed E-state index contributed by atoms with van der Waals surface area (Å²) in [6.07, 6.45) is -5.50. The van der Waals surface area contributed by atoms with Crippen LogP contribution in [0.2, 0.25) is 0 Å². The van der Waals surface area contributed by atoms with Gasteiger partial charge in [0.05, 0.1) is 0 Å². The van der Waals surface area contributed by atoms with Crippen molar-refractivity contribution in [2.45, 2.75) is 0 Å². The van der Waals surface area contributed by atoms with Crippen LogP contribution in [0.5, 0.6) is 0 Å². The molecule has 0 aliphatic heterocycles. The molecule has 0 unspecified atom stereocenters. The van der Waals surface area contributed by atoms with Crippen LogP contribution in [0.4, 0.5) is 14.4 Å². The summed E-state index contributed by atoms with van der Waals surface area (Å²) in [6, 6.07) is 0. The first-order valence-corrected chi connectivity index (χ1v) is 1.95. The molecule has 18 N–H and O–H groups in total. The quantitative estimate of drug-likeness (QED) is 0.161. The zero-order valence-electron chi connectivity index (χ0n) is 9.41. The van der Waals surface area contributed by atoms with Crippen LogP contribution in [-0.4, -0.2) is 82.0 Å². The van der Waals surface area contributed by atoms with Crippen molar-refractivity contribution in [2.24, 2.45) is 0 Å². The predicted molar refractivity (Wildman–Crippen MR) is 53.6 cm³/mol. The summed E-state index contributed by atoms with van der Waals surface area (Å²) in [5.41, 5.74) is 0. The van der Waals surface area contributed by atoms with Crippen LogP contribution in [0, 0.1) is 81.7 Å². The van der Waals surface area contributed by atoms with E-state index in [1.165, 1.54) is 0 Å². The van der Waals surface area contributed by atoms with E-state index in [9.17, 15) is 0 Å². The van der Waals surface area contributed by atoms with Gasteiger partial charge in [0, 0.05) is 81.7 Å². The van der Waals surface area contributed by atoms with E-state index >= 15 is 0 Å². The molecule has 0 aromatic carbocycles. The summed E-state index contributed by atoms with van der Waals surface area (Å²) < 4.78 is 0. The Labute approximate surface area is 176 Å². The molecule has 0 radical (unpaired) electrons. The smallest absolute Gasteiger partial charge is 0.450 e. The van der Waals surface area contributed by atoms with Gasteiger partial charge in [0.25, 0.3) is 0 Å². The molecular weight excluding hydrogens is 564 g/mol. The van der Waals surface area contributed by atoms with Crippen molar-refractivity contribution >= 4 is 18.5 Å². The Balaban J connectivity index is -0.00000000562. The average molecular weight is 583 g/mol. The minimum Gasteiger partial charge on any atom is -0.450 e. The van der Waals surface area contributed by atoms with Crippen molar-refractivity contribution in [1.82, 2.24) is 0 Å². The largest absolute Gasteiger partial charge is 0.503 e. The van der Waals surface area contributed by atoms with Gasteiger partial charge < -0.3 is 63.5 Å². The third kappa shape index (κ3) is 74000. The van der Waals surface area contributed by atoms with Crippen molar-refractivity contribution in [1.29, 1.82) is 0 Å². The number of hydrogen-bond acceptors (Lipinski definition) is 3. The molecule has 0 bridgehead atoms. The Morgan fingerprint density at radius 3 is 0.400 bits per heavy atom. The first-order valence-electron chi connectivity index (χ1n) is 1.95. The van der Waals surface area contributed by atoms with Gasteiger partial charge in [-0.25, -0.2) is 14.4 Å². The third-order valence-corrected chi connectivity index (χ3v) is 0. The van der Waals surface area contributed by atoms with E-state index in [1.54, 1.807) is 0 Å². The van der Waals surface area contributed by atoms with E-state index in [0.717, 1.165) is 0 Å². The Morgan fingerprint density at radius 2 is 0.400 bits per heavy atom. The fraction of sp³-hybridized carbons (Fsp3) is 0. The van der Waals surface area contributed by atoms with Crippen LogP contribution in [0.25, 0.3) is 0 Å². The fourth-order valence-electron chi connectivity index (χ4n) is 0. The van der Waals surface area contributed by atoms with Crippen molar-refractivity contribution in [3.8, 4) is 0 Å². The molecule has 0 aliphatic carbocycles. The van der Waals surface area contributed by atoms with Crippen molar-refractivity contribution in [3.63, 3.8) is 0 Å². The van der Waals surface area contributed by atoms with Crippen molar-refractivity contribution < 1.29 is 160 Å². The van der Waals surface area contributed by atoms with E-state index in [2.05, 4.69) is 0 Å². The Morgan fingerprint density at radius 1 is 0.400 bits per heavy atom. The molecule has 20 heavy (non-hydrogen) atoms. The summed E-state index contributed by atoms with van der Waals surface area (Å²) in [5.74, 6) is 0. The Bertz CT molecular complexity index is 119. The standard InChI is InChI=1S/3CH2O3.2Nd.6H2O/c3*2-1(3)4;;;;;;;;/h3*(H2,2,3,4);;;6*1H2. The van der Waals surface area contributed by atoms with E-state index < -0.39 is 18.5 Å². The number of carboxylic acid groups (broad SMARTS) is 6. The van der Waals surface area contributed by atoms with Gasteiger partial charge in [-0.1, -0.05) is 0 Å². The molecule has 128 valence electrons. The molecule has 0 atom stereocenters. The SMILES string of the molecule is O.O.O.O.O.O.O=C(O)O.O=C(O)O.O=C(O)O.[Nd].[Nd]. The van der Waals surface area contributed by atoms with E-state index in [-0.39, 0.29) is 115 Å². The first-order chi connectivity index (χ1) is 5.20. The van der Waals surface area contributed by atoms with Crippen LogP contribution in [-0.2, 0) is 0 Å². The minimum atomic E-state index is -1.83. The van der Waals surface area contributed by atoms with E-state index in [1.807, 2.05) is 0 Å². The third-order valence-electron chi connectivity index (χ3n) is 0. The van der Waals surface area contributed by atoms with Gasteiger partial charge >= 0.3 is 18.5 Å². The fourth-order valence-corrected chi connectivity index (χ4v) is 0. The molecule has 0 aliphatic rings. The van der Waals surface area contributed by atoms with Crippen LogP contribution in [0.1, 0.15) is 0 Å². The maximum Gasteiger partial charge on any atom is 0.503 e. The summed E-state index contributed by atoms with van der Waals surface area (Å²) in [6.45, 7) is 0. The monoisotopic (exact) mass is 578 g/mol. The molecule has 0 fully saturated rings. The molecule has 0 aromatic heterocycles. The molecule has 0 aromatic rings. The normalized spacial score (nSPS) is 3.60. The zero-order valence-corrected chi connectivity index (χ0v) is 15.8. The van der Waals surface area contributed by atoms with Gasteiger partial charge in [-0.3, -0.25) is 0 Å². The molecule has 17 heteroatoms. The van der Waals surface area contributed by atoms with Gasteiger partial charge in [-0.2, -0.15) is 0 Å². The Hall–Kier alpha value is 0.271. The molecular formula is C3H18Nd2O15. The second-order valence-electron chi connectivity index (χ2n) is 0.848. The topological polar surface area (TPSA) is 362 Å². The number of hydrogen-bond donors (Lipinski definition) is 6. The van der Waals surface area contributed by atoms with Gasteiger partial charge in [0.15, 0.2) is 0 Å². The second kappa shape index (κ2) is 74.8. The van der Waals surface area contributed by atoms with Gasteiger partial charge in [0.2, 0.25) is 0 Å². The van der Waals surface area contributed by atoms with Crippen LogP contribution in [0.3, 0.4) is 0 Å². The summed E-state index contributed by atoms with van der Waals surface area (Å²) in [5, 5.41) is 41.8. The van der Waals surface area contributed by atoms with E-state index in [4.69, 9.17) is 45.0 Å². The van der Waals surface area contributed by atoms with E-state index in [0.29, 0.717) is 0 Å². The van der Waals surface area contributed by atoms with Gasteiger partial charge in [-0.05, 0) is 0 Å². The molecule has 15 nitrogen and oxygen atoms in total. The molecule has 0 saturated carbocycles. The molecule has 0 spiro atoms. The van der Waals surface area contributed by atoms with Crippen LogP contribution < -0.4 is 0 Å². The summed E-state index contributed by atoms with van der Waals surface area (Å²) >= 11 is 0. The summed E-state index contributed by atoms with van der Waals surface area (Å²) in [4.78, 5) is 25.7. The van der Waals surface area contributed by atoms with Crippen molar-refractivity contribution in [3.05, 3.63) is 0 Å². The molecule has 0 saturated heterocycles. The molecule has 0 amide bonds. The number of rotatable bonds is 0. The molecule has 0 rings (SSSR count). The van der Waals surface area contributed by atoms with Crippen molar-refractivity contribution in [2.75, 3.05) is 0 Å². The van der Waals surface area contributed by atoms with Gasteiger partial charge in [-0.15, -0.1) is 0 Å². The van der Waals surface area contributed by atoms with Crippen LogP contribution in [0.15, 0.2) is 0 Å². The Kier molecular flexibility index (Phi) is 328. The second-order valence-corrected chi connectivity index (χ2v) is 0.848. The first kappa shape index (κ1) is 87.6. The van der Waals surface area contributed by atoms with Crippen LogP contribution >= 0.6 is 0 Å². The minimum absolute atomic E-state index is 0.